The van der Waals surface area contributed by atoms with Crippen LogP contribution in [0.15, 0.2) is 28.8 Å². The van der Waals surface area contributed by atoms with Crippen LogP contribution in [0.2, 0.25) is 10.0 Å². The van der Waals surface area contributed by atoms with Gasteiger partial charge in [-0.2, -0.15) is 0 Å². The van der Waals surface area contributed by atoms with Crippen molar-refractivity contribution in [1.29, 1.82) is 0 Å². The van der Waals surface area contributed by atoms with Gasteiger partial charge in [0.25, 0.3) is 0 Å². The van der Waals surface area contributed by atoms with Crippen LogP contribution in [0.1, 0.15) is 29.9 Å². The van der Waals surface area contributed by atoms with Crippen molar-refractivity contribution in [2.75, 3.05) is 6.54 Å². The van der Waals surface area contributed by atoms with Crippen molar-refractivity contribution in [2.24, 2.45) is 0 Å². The van der Waals surface area contributed by atoms with Crippen LogP contribution in [0.4, 0.5) is 0 Å². The molecule has 6 nitrogen and oxygen atoms in total. The number of likely N-dealkylation sites (tertiary alicyclic amines) is 1. The number of hydrogen-bond donors (Lipinski definition) is 1. The van der Waals surface area contributed by atoms with Crippen molar-refractivity contribution in [3.8, 4) is 0 Å². The van der Waals surface area contributed by atoms with Crippen LogP contribution >= 0.6 is 23.2 Å². The van der Waals surface area contributed by atoms with Gasteiger partial charge < -0.3 is 14.5 Å². The third kappa shape index (κ3) is 4.89. The van der Waals surface area contributed by atoms with E-state index in [0.717, 1.165) is 5.56 Å². The van der Waals surface area contributed by atoms with Gasteiger partial charge in [0.1, 0.15) is 5.76 Å². The number of benzene rings is 1. The van der Waals surface area contributed by atoms with Crippen molar-refractivity contribution < 1.29 is 19.2 Å². The highest BCUT2D eigenvalue weighted by Crippen LogP contribution is 2.25. The molecule has 0 saturated carbocycles. The molecule has 1 N–H and O–H groups in total. The highest BCUT2D eigenvalue weighted by Gasteiger charge is 2.38. The number of amides is 1. The van der Waals surface area contributed by atoms with E-state index in [0.29, 0.717) is 27.9 Å². The molecule has 1 fully saturated rings. The quantitative estimate of drug-likeness (QED) is 0.790. The normalized spacial score (nSPS) is 19.5. The Morgan fingerprint density at radius 2 is 2.11 bits per heavy atom. The fraction of sp³-hybridized carbons (Fsp3) is 0.421. The summed E-state index contributed by atoms with van der Waals surface area (Å²) in [6, 6.07) is 6.20. The molecule has 1 saturated heterocycles. The fourth-order valence-electron chi connectivity index (χ4n) is 3.29. The van der Waals surface area contributed by atoms with Gasteiger partial charge in [-0.25, -0.2) is 0 Å². The lowest BCUT2D eigenvalue weighted by atomic mass is 10.0. The summed E-state index contributed by atoms with van der Waals surface area (Å²) in [5, 5.41) is 14.8. The van der Waals surface area contributed by atoms with E-state index >= 15 is 0 Å². The van der Waals surface area contributed by atoms with Crippen LogP contribution in [0.5, 0.6) is 0 Å². The summed E-state index contributed by atoms with van der Waals surface area (Å²) in [5.74, 6) is 0.0864. The van der Waals surface area contributed by atoms with Crippen LogP contribution in [0, 0.1) is 6.92 Å². The second kappa shape index (κ2) is 8.42. The first-order valence-corrected chi connectivity index (χ1v) is 9.45. The first kappa shape index (κ1) is 19.9. The lowest BCUT2D eigenvalue weighted by Crippen LogP contribution is -2.41. The van der Waals surface area contributed by atoms with E-state index in [4.69, 9.17) is 27.7 Å². The number of aliphatic hydroxyl groups excluding tert-OH is 1. The zero-order chi connectivity index (χ0) is 19.6. The van der Waals surface area contributed by atoms with E-state index in [9.17, 15) is 14.7 Å². The lowest BCUT2D eigenvalue weighted by Gasteiger charge is -2.23. The van der Waals surface area contributed by atoms with Crippen molar-refractivity contribution in [2.45, 2.75) is 44.8 Å². The Balaban J connectivity index is 1.63. The third-order valence-corrected chi connectivity index (χ3v) is 5.22. The fourth-order valence-corrected chi connectivity index (χ4v) is 3.80. The minimum absolute atomic E-state index is 0.0142. The molecule has 1 aromatic carbocycles. The minimum Gasteiger partial charge on any atom is -0.391 e. The predicted octanol–water partition coefficient (Wildman–Crippen LogP) is 3.00. The molecule has 1 aromatic heterocycles. The number of aliphatic hydroxyl groups is 1. The molecule has 8 heteroatoms. The molecule has 0 spiro atoms. The lowest BCUT2D eigenvalue weighted by molar-refractivity contribution is -0.137. The Hall–Kier alpha value is -1.89. The van der Waals surface area contributed by atoms with Gasteiger partial charge in [-0.3, -0.25) is 9.59 Å². The Labute approximate surface area is 167 Å². The first-order valence-electron chi connectivity index (χ1n) is 8.70. The summed E-state index contributed by atoms with van der Waals surface area (Å²) in [6.45, 7) is 1.91. The van der Waals surface area contributed by atoms with Gasteiger partial charge in [-0.1, -0.05) is 34.4 Å². The minimum atomic E-state index is -0.710. The van der Waals surface area contributed by atoms with E-state index in [-0.39, 0.29) is 37.5 Å². The Morgan fingerprint density at radius 3 is 2.78 bits per heavy atom. The number of halogens is 2. The number of rotatable bonds is 6. The molecule has 3 rings (SSSR count). The van der Waals surface area contributed by atoms with Crippen molar-refractivity contribution in [1.82, 2.24) is 10.1 Å². The van der Waals surface area contributed by atoms with E-state index < -0.39 is 12.1 Å². The second-order valence-corrected chi connectivity index (χ2v) is 7.61. The summed E-state index contributed by atoms with van der Waals surface area (Å²) in [5.41, 5.74) is 1.51. The highest BCUT2D eigenvalue weighted by molar-refractivity contribution is 6.35. The smallest absolute Gasteiger partial charge is 0.231 e. The van der Waals surface area contributed by atoms with Crippen molar-refractivity contribution in [3.05, 3.63) is 51.3 Å². The number of ketones is 1. The monoisotopic (exact) mass is 410 g/mol. The van der Waals surface area contributed by atoms with Gasteiger partial charge in [0.15, 0.2) is 5.78 Å². The average molecular weight is 411 g/mol. The molecule has 144 valence electrons. The molecular weight excluding hydrogens is 391 g/mol. The largest absolute Gasteiger partial charge is 0.391 e. The average Bonchev–Trinajstić information content (AvgIpc) is 3.19. The maximum Gasteiger partial charge on any atom is 0.231 e. The number of carbonyl (C=O) groups excluding carboxylic acids is 2. The standard InChI is InChI=1S/C19H20Cl2N2O4/c1-11-6-15(27-22-11)9-19(26)23-10-14(24)8-17(23)18(25)5-3-12-2-4-13(20)7-16(12)21/h2,4,6-7,14,17,24H,3,5,8-10H2,1H3/t14-,17+/m1/s1. The number of aryl methyl sites for hydroxylation is 2. The molecule has 1 amide bonds. The molecule has 0 aliphatic carbocycles. The van der Waals surface area contributed by atoms with Gasteiger partial charge in [0.2, 0.25) is 5.91 Å². The zero-order valence-electron chi connectivity index (χ0n) is 14.8. The SMILES string of the molecule is Cc1cc(CC(=O)N2C[C@H](O)C[C@H]2C(=O)CCc2ccc(Cl)cc2Cl)on1. The van der Waals surface area contributed by atoms with E-state index in [1.165, 1.54) is 4.90 Å². The Kier molecular flexibility index (Phi) is 6.19. The summed E-state index contributed by atoms with van der Waals surface area (Å²) in [7, 11) is 0. The van der Waals surface area contributed by atoms with Crippen molar-refractivity contribution >= 4 is 34.9 Å². The van der Waals surface area contributed by atoms with E-state index in [1.807, 2.05) is 0 Å². The molecule has 2 heterocycles. The summed E-state index contributed by atoms with van der Waals surface area (Å²) in [6.07, 6.45) is 0.224. The molecular formula is C19H20Cl2N2O4. The van der Waals surface area contributed by atoms with Crippen LogP contribution in [0.3, 0.4) is 0 Å². The van der Waals surface area contributed by atoms with Crippen molar-refractivity contribution in [3.63, 3.8) is 0 Å². The highest BCUT2D eigenvalue weighted by atomic mass is 35.5. The molecule has 1 aliphatic rings. The van der Waals surface area contributed by atoms with Gasteiger partial charge in [-0.05, 0) is 31.0 Å². The molecule has 1 aliphatic heterocycles. The number of aromatic nitrogens is 1. The van der Waals surface area contributed by atoms with E-state index in [2.05, 4.69) is 5.16 Å². The van der Waals surface area contributed by atoms with Gasteiger partial charge in [0, 0.05) is 35.5 Å². The topological polar surface area (TPSA) is 83.6 Å². The van der Waals surface area contributed by atoms with Gasteiger partial charge in [-0.15, -0.1) is 0 Å². The number of carbonyl (C=O) groups is 2. The van der Waals surface area contributed by atoms with Crippen LogP contribution < -0.4 is 0 Å². The van der Waals surface area contributed by atoms with Gasteiger partial charge >= 0.3 is 0 Å². The molecule has 0 radical (unpaired) electrons. The molecule has 27 heavy (non-hydrogen) atoms. The van der Waals surface area contributed by atoms with Crippen LogP contribution in [-0.4, -0.2) is 45.5 Å². The number of Topliss-reactive ketones (excluding diaryl/α,β-unsaturated/α-hetero) is 1. The predicted molar refractivity (Wildman–Crippen MR) is 101 cm³/mol. The molecule has 0 bridgehead atoms. The Morgan fingerprint density at radius 1 is 1.33 bits per heavy atom. The van der Waals surface area contributed by atoms with E-state index in [1.54, 1.807) is 31.2 Å². The van der Waals surface area contributed by atoms with Crippen LogP contribution in [-0.2, 0) is 22.4 Å². The molecule has 0 unspecified atom stereocenters. The number of β-amino-alcohol motifs (C(OH)–C–C–N with tert-alkyl or cyclic N) is 1. The third-order valence-electron chi connectivity index (χ3n) is 4.63. The molecule has 2 aromatic rings. The Bertz CT molecular complexity index is 852. The number of nitrogens with zero attached hydrogens (tertiary/aromatic N) is 2. The second-order valence-electron chi connectivity index (χ2n) is 6.76. The maximum atomic E-state index is 12.7. The van der Waals surface area contributed by atoms with Gasteiger partial charge in [0.05, 0.1) is 24.3 Å². The summed E-state index contributed by atoms with van der Waals surface area (Å²) < 4.78 is 5.07. The maximum absolute atomic E-state index is 12.7. The van der Waals surface area contributed by atoms with Crippen LogP contribution in [0.25, 0.3) is 0 Å². The summed E-state index contributed by atoms with van der Waals surface area (Å²) >= 11 is 12.0. The zero-order valence-corrected chi connectivity index (χ0v) is 16.3. The first-order chi connectivity index (χ1) is 12.8. The number of hydrogen-bond acceptors (Lipinski definition) is 5. The summed E-state index contributed by atoms with van der Waals surface area (Å²) in [4.78, 5) is 26.7. The molecule has 2 atom stereocenters.